The van der Waals surface area contributed by atoms with Crippen LogP contribution in [0.2, 0.25) is 0 Å². The third kappa shape index (κ3) is 2.15. The Hall–Kier alpha value is -2.64. The Balaban J connectivity index is 2.70. The van der Waals surface area contributed by atoms with E-state index in [0.717, 1.165) is 6.07 Å². The molecule has 1 heterocycles. The van der Waals surface area contributed by atoms with Gasteiger partial charge in [0.15, 0.2) is 17.5 Å². The van der Waals surface area contributed by atoms with Gasteiger partial charge < -0.3 is 10.1 Å². The van der Waals surface area contributed by atoms with Crippen molar-refractivity contribution in [2.45, 2.75) is 6.92 Å². The average molecular weight is 284 g/mol. The Morgan fingerprint density at radius 1 is 1.25 bits per heavy atom. The molecule has 104 valence electrons. The minimum Gasteiger partial charge on any atom is -0.477 e. The quantitative estimate of drug-likeness (QED) is 0.824. The molecule has 0 aliphatic carbocycles. The molecule has 0 fully saturated rings. The van der Waals surface area contributed by atoms with E-state index in [0.29, 0.717) is 6.07 Å². The van der Waals surface area contributed by atoms with Gasteiger partial charge in [0.25, 0.3) is 5.56 Å². The van der Waals surface area contributed by atoms with Crippen LogP contribution in [0.15, 0.2) is 16.9 Å². The molecular formula is C12H7F3N2O3. The largest absolute Gasteiger partial charge is 0.477 e. The van der Waals surface area contributed by atoms with Gasteiger partial charge in [-0.05, 0) is 19.1 Å². The van der Waals surface area contributed by atoms with E-state index < -0.39 is 40.1 Å². The summed E-state index contributed by atoms with van der Waals surface area (Å²) in [5.74, 6) is -6.48. The molecule has 20 heavy (non-hydrogen) atoms. The van der Waals surface area contributed by atoms with Gasteiger partial charge in [0.1, 0.15) is 11.4 Å². The fourth-order valence-electron chi connectivity index (χ4n) is 1.67. The van der Waals surface area contributed by atoms with Crippen LogP contribution < -0.4 is 5.56 Å². The highest BCUT2D eigenvalue weighted by Gasteiger charge is 2.20. The SMILES string of the molecule is Cc1nc(-c2ccc(F)c(F)c2F)[nH]c(=O)c1C(=O)O. The van der Waals surface area contributed by atoms with Gasteiger partial charge in [0.05, 0.1) is 11.3 Å². The maximum Gasteiger partial charge on any atom is 0.343 e. The van der Waals surface area contributed by atoms with Gasteiger partial charge in [-0.15, -0.1) is 0 Å². The van der Waals surface area contributed by atoms with E-state index in [1.807, 2.05) is 4.98 Å². The fourth-order valence-corrected chi connectivity index (χ4v) is 1.67. The fraction of sp³-hybridized carbons (Fsp3) is 0.0833. The molecule has 8 heteroatoms. The van der Waals surface area contributed by atoms with E-state index in [-0.39, 0.29) is 11.5 Å². The molecule has 2 aromatic rings. The zero-order chi connectivity index (χ0) is 15.0. The number of hydrogen-bond acceptors (Lipinski definition) is 3. The number of hydrogen-bond donors (Lipinski definition) is 2. The molecule has 0 aliphatic rings. The van der Waals surface area contributed by atoms with E-state index in [2.05, 4.69) is 4.98 Å². The Bertz CT molecular complexity index is 771. The van der Waals surface area contributed by atoms with Crippen molar-refractivity contribution in [1.29, 1.82) is 0 Å². The Kier molecular flexibility index (Phi) is 3.31. The molecular weight excluding hydrogens is 277 g/mol. The van der Waals surface area contributed by atoms with Crippen molar-refractivity contribution in [1.82, 2.24) is 9.97 Å². The molecule has 0 saturated carbocycles. The third-order valence-electron chi connectivity index (χ3n) is 2.60. The van der Waals surface area contributed by atoms with Crippen molar-refractivity contribution < 1.29 is 23.1 Å². The van der Waals surface area contributed by atoms with Crippen molar-refractivity contribution in [3.8, 4) is 11.4 Å². The minimum atomic E-state index is -1.70. The van der Waals surface area contributed by atoms with E-state index in [4.69, 9.17) is 5.11 Å². The molecule has 0 amide bonds. The number of aromatic nitrogens is 2. The van der Waals surface area contributed by atoms with Gasteiger partial charge in [-0.3, -0.25) is 4.79 Å². The lowest BCUT2D eigenvalue weighted by molar-refractivity contribution is 0.0693. The molecule has 2 N–H and O–H groups in total. The zero-order valence-corrected chi connectivity index (χ0v) is 10.00. The summed E-state index contributed by atoms with van der Waals surface area (Å²) in [5.41, 5.74) is -2.25. The predicted molar refractivity (Wildman–Crippen MR) is 61.9 cm³/mol. The number of rotatable bonds is 2. The second kappa shape index (κ2) is 4.80. The van der Waals surface area contributed by atoms with Gasteiger partial charge in [-0.2, -0.15) is 0 Å². The van der Waals surface area contributed by atoms with Crippen molar-refractivity contribution >= 4 is 5.97 Å². The number of H-pyrrole nitrogens is 1. The number of carbonyl (C=O) groups is 1. The Morgan fingerprint density at radius 3 is 2.45 bits per heavy atom. The molecule has 0 saturated heterocycles. The number of carboxylic acids is 1. The standard InChI is InChI=1S/C12H7F3N2O3/c1-4-7(12(19)20)11(18)17-10(16-4)5-2-3-6(13)9(15)8(5)14/h2-3H,1H3,(H,19,20)(H,16,17,18). The van der Waals surface area contributed by atoms with Crippen LogP contribution in [0.1, 0.15) is 16.1 Å². The highest BCUT2D eigenvalue weighted by molar-refractivity contribution is 5.88. The van der Waals surface area contributed by atoms with E-state index >= 15 is 0 Å². The van der Waals surface area contributed by atoms with Crippen LogP contribution in [-0.4, -0.2) is 21.0 Å². The van der Waals surface area contributed by atoms with E-state index in [9.17, 15) is 22.8 Å². The molecule has 0 atom stereocenters. The second-order valence-corrected chi connectivity index (χ2v) is 3.90. The van der Waals surface area contributed by atoms with Crippen LogP contribution in [-0.2, 0) is 0 Å². The lowest BCUT2D eigenvalue weighted by Gasteiger charge is -2.06. The number of carboxylic acid groups (broad SMARTS) is 1. The first-order valence-corrected chi connectivity index (χ1v) is 5.31. The minimum absolute atomic E-state index is 0.166. The molecule has 5 nitrogen and oxygen atoms in total. The number of nitrogens with one attached hydrogen (secondary N) is 1. The lowest BCUT2D eigenvalue weighted by Crippen LogP contribution is -2.21. The van der Waals surface area contributed by atoms with Crippen LogP contribution >= 0.6 is 0 Å². The third-order valence-corrected chi connectivity index (χ3v) is 2.60. The summed E-state index contributed by atoms with van der Waals surface area (Å²) in [6.45, 7) is 1.24. The van der Waals surface area contributed by atoms with Gasteiger partial charge in [0.2, 0.25) is 0 Å². The summed E-state index contributed by atoms with van der Waals surface area (Å²) >= 11 is 0. The molecule has 0 radical (unpaired) electrons. The van der Waals surface area contributed by atoms with Crippen molar-refractivity contribution in [2.24, 2.45) is 0 Å². The van der Waals surface area contributed by atoms with Crippen LogP contribution in [0.4, 0.5) is 13.2 Å². The maximum atomic E-state index is 13.6. The molecule has 0 bridgehead atoms. The van der Waals surface area contributed by atoms with Crippen LogP contribution in [0.3, 0.4) is 0 Å². The van der Waals surface area contributed by atoms with Crippen molar-refractivity contribution in [3.63, 3.8) is 0 Å². The predicted octanol–water partition coefficient (Wildman–Crippen LogP) is 1.86. The summed E-state index contributed by atoms with van der Waals surface area (Å²) < 4.78 is 39.5. The highest BCUT2D eigenvalue weighted by atomic mass is 19.2. The maximum absolute atomic E-state index is 13.6. The van der Waals surface area contributed by atoms with Crippen LogP contribution in [0, 0.1) is 24.4 Å². The number of nitrogens with zero attached hydrogens (tertiary/aromatic N) is 1. The monoisotopic (exact) mass is 284 g/mol. The number of aromatic carboxylic acids is 1. The Labute approximate surface area is 109 Å². The summed E-state index contributed by atoms with van der Waals surface area (Å²) in [5, 5.41) is 8.80. The zero-order valence-electron chi connectivity index (χ0n) is 10.00. The van der Waals surface area contributed by atoms with Crippen LogP contribution in [0.25, 0.3) is 11.4 Å². The van der Waals surface area contributed by atoms with Crippen molar-refractivity contribution in [2.75, 3.05) is 0 Å². The van der Waals surface area contributed by atoms with Gasteiger partial charge in [-0.1, -0.05) is 0 Å². The summed E-state index contributed by atoms with van der Waals surface area (Å²) in [4.78, 5) is 28.1. The lowest BCUT2D eigenvalue weighted by atomic mass is 10.1. The first kappa shape index (κ1) is 13.8. The molecule has 1 aromatic heterocycles. The van der Waals surface area contributed by atoms with Gasteiger partial charge >= 0.3 is 5.97 Å². The number of aromatic amines is 1. The van der Waals surface area contributed by atoms with E-state index in [1.54, 1.807) is 0 Å². The van der Waals surface area contributed by atoms with E-state index in [1.165, 1.54) is 6.92 Å². The van der Waals surface area contributed by atoms with Crippen LogP contribution in [0.5, 0.6) is 0 Å². The smallest absolute Gasteiger partial charge is 0.343 e. The number of aryl methyl sites for hydroxylation is 1. The van der Waals surface area contributed by atoms with Gasteiger partial charge in [0, 0.05) is 0 Å². The summed E-state index contributed by atoms with van der Waals surface area (Å²) in [6.07, 6.45) is 0. The first-order chi connectivity index (χ1) is 9.32. The molecule has 2 rings (SSSR count). The molecule has 0 spiro atoms. The summed E-state index contributed by atoms with van der Waals surface area (Å²) in [6, 6.07) is 1.57. The topological polar surface area (TPSA) is 83.0 Å². The highest BCUT2D eigenvalue weighted by Crippen LogP contribution is 2.22. The first-order valence-electron chi connectivity index (χ1n) is 5.31. The summed E-state index contributed by atoms with van der Waals surface area (Å²) in [7, 11) is 0. The number of benzene rings is 1. The normalized spacial score (nSPS) is 10.6. The molecule has 0 unspecified atom stereocenters. The molecule has 0 aliphatic heterocycles. The average Bonchev–Trinajstić information content (AvgIpc) is 2.34. The second-order valence-electron chi connectivity index (χ2n) is 3.90. The molecule has 1 aromatic carbocycles. The number of halogens is 3. The van der Waals surface area contributed by atoms with Crippen molar-refractivity contribution in [3.05, 3.63) is 51.2 Å². The Morgan fingerprint density at radius 2 is 1.90 bits per heavy atom. The van der Waals surface area contributed by atoms with Gasteiger partial charge in [-0.25, -0.2) is 22.9 Å².